The van der Waals surface area contributed by atoms with Gasteiger partial charge in [-0.05, 0) is 12.0 Å². The van der Waals surface area contributed by atoms with Gasteiger partial charge < -0.3 is 5.11 Å². The first kappa shape index (κ1) is 15.2. The van der Waals surface area contributed by atoms with Crippen LogP contribution < -0.4 is 0 Å². The van der Waals surface area contributed by atoms with Crippen molar-refractivity contribution in [3.63, 3.8) is 0 Å². The summed E-state index contributed by atoms with van der Waals surface area (Å²) in [6, 6.07) is 9.40. The van der Waals surface area contributed by atoms with E-state index in [1.807, 2.05) is 37.3 Å². The molecule has 0 bridgehead atoms. The van der Waals surface area contributed by atoms with E-state index < -0.39 is 11.9 Å². The molecular formula is C14H19NO4. The molecule has 19 heavy (non-hydrogen) atoms. The van der Waals surface area contributed by atoms with Crippen LogP contribution in [0.15, 0.2) is 30.3 Å². The normalized spacial score (nSPS) is 11.8. The maximum absolute atomic E-state index is 11.0. The minimum atomic E-state index is -0.906. The maximum atomic E-state index is 11.0. The molecule has 0 radical (unpaired) electrons. The van der Waals surface area contributed by atoms with Crippen LogP contribution in [0.1, 0.15) is 25.3 Å². The Morgan fingerprint density at radius 2 is 2.11 bits per heavy atom. The second-order valence-corrected chi connectivity index (χ2v) is 4.29. The molecule has 5 nitrogen and oxygen atoms in total. The highest BCUT2D eigenvalue weighted by Gasteiger charge is 2.20. The summed E-state index contributed by atoms with van der Waals surface area (Å²) >= 11 is 0. The largest absolute Gasteiger partial charge is 0.481 e. The van der Waals surface area contributed by atoms with E-state index in [1.165, 1.54) is 0 Å². The lowest BCUT2D eigenvalue weighted by atomic mass is 10.0. The number of aliphatic carboxylic acids is 1. The zero-order chi connectivity index (χ0) is 14.1. The smallest absolute Gasteiger partial charge is 0.308 e. The first-order chi connectivity index (χ1) is 9.17. The monoisotopic (exact) mass is 265 g/mol. The molecule has 104 valence electrons. The summed E-state index contributed by atoms with van der Waals surface area (Å²) in [6.07, 6.45) is 1.80. The van der Waals surface area contributed by atoms with Gasteiger partial charge in [-0.1, -0.05) is 43.7 Å². The average molecular weight is 265 g/mol. The van der Waals surface area contributed by atoms with Gasteiger partial charge >= 0.3 is 5.97 Å². The number of carbonyl (C=O) groups excluding carboxylic acids is 1. The van der Waals surface area contributed by atoms with Gasteiger partial charge in [0.15, 0.2) is 0 Å². The Kier molecular flexibility index (Phi) is 6.60. The fourth-order valence-corrected chi connectivity index (χ4v) is 1.72. The molecule has 1 amide bonds. The lowest BCUT2D eigenvalue weighted by Gasteiger charge is -2.20. The van der Waals surface area contributed by atoms with Crippen LogP contribution in [0, 0.1) is 5.92 Å². The topological polar surface area (TPSA) is 66.8 Å². The third kappa shape index (κ3) is 5.52. The van der Waals surface area contributed by atoms with E-state index >= 15 is 0 Å². The predicted octanol–water partition coefficient (Wildman–Crippen LogP) is 2.08. The number of benzene rings is 1. The Balaban J connectivity index is 2.48. The standard InChI is InChI=1S/C14H19NO4/c1-2-6-13(14(17)18)9-15(11-16)19-10-12-7-4-3-5-8-12/h3-5,7-8,11,13H,2,6,9-10H2,1H3,(H,17,18)/t13-/m1/s1. The van der Waals surface area contributed by atoms with Crippen LogP contribution in [0.3, 0.4) is 0 Å². The van der Waals surface area contributed by atoms with Crippen molar-refractivity contribution in [3.05, 3.63) is 35.9 Å². The summed E-state index contributed by atoms with van der Waals surface area (Å²) < 4.78 is 0. The number of carbonyl (C=O) groups is 2. The molecule has 0 aliphatic heterocycles. The molecule has 0 heterocycles. The van der Waals surface area contributed by atoms with Crippen molar-refractivity contribution in [1.82, 2.24) is 5.06 Å². The number of rotatable bonds is 9. The minimum Gasteiger partial charge on any atom is -0.481 e. The molecule has 0 unspecified atom stereocenters. The van der Waals surface area contributed by atoms with E-state index in [4.69, 9.17) is 9.94 Å². The number of nitrogens with zero attached hydrogens (tertiary/aromatic N) is 1. The molecule has 0 spiro atoms. The number of carboxylic acid groups (broad SMARTS) is 1. The van der Waals surface area contributed by atoms with Gasteiger partial charge in [0.25, 0.3) is 0 Å². The molecule has 1 aromatic rings. The Hall–Kier alpha value is -1.88. The molecule has 0 aromatic heterocycles. The summed E-state index contributed by atoms with van der Waals surface area (Å²) in [7, 11) is 0. The molecule has 0 saturated heterocycles. The lowest BCUT2D eigenvalue weighted by molar-refractivity contribution is -0.184. The fourth-order valence-electron chi connectivity index (χ4n) is 1.72. The third-order valence-corrected chi connectivity index (χ3v) is 2.74. The molecule has 0 saturated carbocycles. The highest BCUT2D eigenvalue weighted by molar-refractivity contribution is 5.70. The van der Waals surface area contributed by atoms with Gasteiger partial charge in [-0.2, -0.15) is 0 Å². The summed E-state index contributed by atoms with van der Waals surface area (Å²) in [4.78, 5) is 27.2. The molecule has 5 heteroatoms. The number of amides is 1. The van der Waals surface area contributed by atoms with Crippen LogP contribution in [-0.2, 0) is 21.0 Å². The van der Waals surface area contributed by atoms with Gasteiger partial charge in [-0.25, -0.2) is 5.06 Å². The van der Waals surface area contributed by atoms with E-state index in [0.717, 1.165) is 17.0 Å². The van der Waals surface area contributed by atoms with Crippen molar-refractivity contribution < 1.29 is 19.5 Å². The van der Waals surface area contributed by atoms with Crippen molar-refractivity contribution in [2.45, 2.75) is 26.4 Å². The van der Waals surface area contributed by atoms with Gasteiger partial charge in [0.2, 0.25) is 6.41 Å². The van der Waals surface area contributed by atoms with Crippen LogP contribution in [0.25, 0.3) is 0 Å². The van der Waals surface area contributed by atoms with Crippen molar-refractivity contribution in [2.75, 3.05) is 6.54 Å². The first-order valence-electron chi connectivity index (χ1n) is 6.29. The van der Waals surface area contributed by atoms with Crippen molar-refractivity contribution in [2.24, 2.45) is 5.92 Å². The van der Waals surface area contributed by atoms with Crippen LogP contribution in [0.5, 0.6) is 0 Å². The highest BCUT2D eigenvalue weighted by Crippen LogP contribution is 2.10. The first-order valence-corrected chi connectivity index (χ1v) is 6.29. The van der Waals surface area contributed by atoms with E-state index in [0.29, 0.717) is 12.8 Å². The molecule has 0 fully saturated rings. The number of hydrogen-bond donors (Lipinski definition) is 1. The van der Waals surface area contributed by atoms with Gasteiger partial charge in [-0.15, -0.1) is 0 Å². The Labute approximate surface area is 112 Å². The minimum absolute atomic E-state index is 0.0690. The number of carboxylic acids is 1. The summed E-state index contributed by atoms with van der Waals surface area (Å²) in [5.41, 5.74) is 0.928. The van der Waals surface area contributed by atoms with Crippen LogP contribution in [0.2, 0.25) is 0 Å². The second-order valence-electron chi connectivity index (χ2n) is 4.29. The quantitative estimate of drug-likeness (QED) is 0.548. The Morgan fingerprint density at radius 1 is 1.42 bits per heavy atom. The predicted molar refractivity (Wildman–Crippen MR) is 70.0 cm³/mol. The summed E-state index contributed by atoms with van der Waals surface area (Å²) in [6.45, 7) is 2.23. The van der Waals surface area contributed by atoms with Crippen LogP contribution in [-0.4, -0.2) is 29.1 Å². The maximum Gasteiger partial charge on any atom is 0.308 e. The molecule has 1 atom stereocenters. The van der Waals surface area contributed by atoms with E-state index in [2.05, 4.69) is 0 Å². The van der Waals surface area contributed by atoms with E-state index in [-0.39, 0.29) is 13.2 Å². The van der Waals surface area contributed by atoms with Crippen LogP contribution >= 0.6 is 0 Å². The zero-order valence-electron chi connectivity index (χ0n) is 11.0. The SMILES string of the molecule is CCC[C@H](CN(C=O)OCc1ccccc1)C(=O)O. The Morgan fingerprint density at radius 3 is 2.63 bits per heavy atom. The highest BCUT2D eigenvalue weighted by atomic mass is 16.7. The van der Waals surface area contributed by atoms with Crippen molar-refractivity contribution in [1.29, 1.82) is 0 Å². The molecule has 0 aliphatic rings. The zero-order valence-corrected chi connectivity index (χ0v) is 11.0. The summed E-state index contributed by atoms with van der Waals surface area (Å²) in [5, 5.41) is 10.1. The van der Waals surface area contributed by atoms with Gasteiger partial charge in [0.05, 0.1) is 12.5 Å². The molecular weight excluding hydrogens is 246 g/mol. The molecule has 1 aromatic carbocycles. The van der Waals surface area contributed by atoms with Crippen LogP contribution in [0.4, 0.5) is 0 Å². The number of hydroxylamine groups is 2. The number of hydrogen-bond acceptors (Lipinski definition) is 3. The van der Waals surface area contributed by atoms with E-state index in [9.17, 15) is 9.59 Å². The Bertz CT molecular complexity index is 394. The molecule has 1 rings (SSSR count). The second kappa shape index (κ2) is 8.26. The third-order valence-electron chi connectivity index (χ3n) is 2.74. The van der Waals surface area contributed by atoms with Crippen molar-refractivity contribution >= 4 is 12.4 Å². The van der Waals surface area contributed by atoms with Crippen molar-refractivity contribution in [3.8, 4) is 0 Å². The molecule has 1 N–H and O–H groups in total. The molecule has 0 aliphatic carbocycles. The lowest BCUT2D eigenvalue weighted by Crippen LogP contribution is -2.32. The summed E-state index contributed by atoms with van der Waals surface area (Å²) in [5.74, 6) is -1.50. The van der Waals surface area contributed by atoms with E-state index in [1.54, 1.807) is 0 Å². The fraction of sp³-hybridized carbons (Fsp3) is 0.429. The van der Waals surface area contributed by atoms with Gasteiger partial charge in [-0.3, -0.25) is 14.4 Å². The average Bonchev–Trinajstić information content (AvgIpc) is 2.43. The van der Waals surface area contributed by atoms with Gasteiger partial charge in [0, 0.05) is 0 Å². The van der Waals surface area contributed by atoms with Gasteiger partial charge in [0.1, 0.15) is 6.61 Å².